The number of carbonyl (C=O) groups is 2. The Morgan fingerprint density at radius 3 is 2.38 bits per heavy atom. The summed E-state index contributed by atoms with van der Waals surface area (Å²) < 4.78 is 18.9. The van der Waals surface area contributed by atoms with E-state index in [0.29, 0.717) is 17.0 Å². The molecule has 3 aromatic rings. The molecule has 0 saturated heterocycles. The number of ether oxygens (including phenoxy) is 1. The second-order valence-corrected chi connectivity index (χ2v) is 7.79. The summed E-state index contributed by atoms with van der Waals surface area (Å²) >= 11 is 0. The Morgan fingerprint density at radius 2 is 1.78 bits per heavy atom. The summed E-state index contributed by atoms with van der Waals surface area (Å²) in [5.74, 6) is -0.535. The van der Waals surface area contributed by atoms with Crippen molar-refractivity contribution in [1.29, 1.82) is 0 Å². The van der Waals surface area contributed by atoms with Gasteiger partial charge < -0.3 is 10.1 Å². The zero-order valence-corrected chi connectivity index (χ0v) is 17.8. The lowest BCUT2D eigenvalue weighted by atomic mass is 10.0. The van der Waals surface area contributed by atoms with Crippen LogP contribution in [0.15, 0.2) is 60.8 Å². The van der Waals surface area contributed by atoms with Gasteiger partial charge in [0.1, 0.15) is 23.3 Å². The quantitative estimate of drug-likeness (QED) is 0.586. The zero-order valence-electron chi connectivity index (χ0n) is 17.8. The number of rotatable bonds is 7. The third-order valence-electron chi connectivity index (χ3n) is 5.69. The molecule has 8 heteroatoms. The van der Waals surface area contributed by atoms with Crippen LogP contribution >= 0.6 is 0 Å². The van der Waals surface area contributed by atoms with Crippen molar-refractivity contribution in [3.8, 4) is 5.75 Å². The molecule has 32 heavy (non-hydrogen) atoms. The predicted octanol–water partition coefficient (Wildman–Crippen LogP) is 4.00. The number of methoxy groups -OCH3 is 1. The van der Waals surface area contributed by atoms with Crippen molar-refractivity contribution in [1.82, 2.24) is 15.5 Å². The molecule has 0 aliphatic heterocycles. The standard InChI is InChI=1S/C24H25FN4O3/c1-32-20-12-10-19(11-13-20)29(24(31)21-14-15-26-28-21)22(16-6-8-17(25)9-7-16)23(30)27-18-4-2-3-5-18/h6-15,18,22H,2-5H2,1H3,(H,26,28)(H,27,30)/t22-/m1/s1. The minimum absolute atomic E-state index is 0.0606. The minimum atomic E-state index is -1.000. The van der Waals surface area contributed by atoms with E-state index in [2.05, 4.69) is 15.5 Å². The van der Waals surface area contributed by atoms with Crippen molar-refractivity contribution in [3.05, 3.63) is 77.9 Å². The second-order valence-electron chi connectivity index (χ2n) is 7.79. The third kappa shape index (κ3) is 4.64. The number of carbonyl (C=O) groups excluding carboxylic acids is 2. The largest absolute Gasteiger partial charge is 0.497 e. The van der Waals surface area contributed by atoms with Gasteiger partial charge in [-0.3, -0.25) is 19.6 Å². The van der Waals surface area contributed by atoms with Crippen molar-refractivity contribution < 1.29 is 18.7 Å². The monoisotopic (exact) mass is 436 g/mol. The summed E-state index contributed by atoms with van der Waals surface area (Å²) in [4.78, 5) is 28.5. The molecule has 2 N–H and O–H groups in total. The molecule has 2 amide bonds. The molecule has 1 aromatic heterocycles. The van der Waals surface area contributed by atoms with E-state index in [9.17, 15) is 14.0 Å². The molecular formula is C24H25FN4O3. The number of hydrogen-bond donors (Lipinski definition) is 2. The maximum atomic E-state index is 13.7. The van der Waals surface area contributed by atoms with Crippen molar-refractivity contribution in [2.75, 3.05) is 12.0 Å². The summed E-state index contributed by atoms with van der Waals surface area (Å²) in [5, 5.41) is 9.64. The maximum Gasteiger partial charge on any atom is 0.277 e. The summed E-state index contributed by atoms with van der Waals surface area (Å²) in [6.45, 7) is 0. The highest BCUT2D eigenvalue weighted by Gasteiger charge is 2.35. The number of anilines is 1. The molecule has 1 aliphatic rings. The third-order valence-corrected chi connectivity index (χ3v) is 5.69. The average Bonchev–Trinajstić information content (AvgIpc) is 3.52. The second kappa shape index (κ2) is 9.64. The predicted molar refractivity (Wildman–Crippen MR) is 118 cm³/mol. The molecule has 1 atom stereocenters. The molecule has 1 saturated carbocycles. The highest BCUT2D eigenvalue weighted by molar-refractivity contribution is 6.09. The highest BCUT2D eigenvalue weighted by Crippen LogP contribution is 2.31. The van der Waals surface area contributed by atoms with Crippen LogP contribution in [0.4, 0.5) is 10.1 Å². The number of hydrogen-bond acceptors (Lipinski definition) is 4. The van der Waals surface area contributed by atoms with Gasteiger partial charge >= 0.3 is 0 Å². The van der Waals surface area contributed by atoms with Crippen LogP contribution in [0.3, 0.4) is 0 Å². The number of halogens is 1. The summed E-state index contributed by atoms with van der Waals surface area (Å²) in [5.41, 5.74) is 1.24. The van der Waals surface area contributed by atoms with Crippen LogP contribution in [0.25, 0.3) is 0 Å². The van der Waals surface area contributed by atoms with E-state index in [4.69, 9.17) is 4.74 Å². The van der Waals surface area contributed by atoms with Crippen LogP contribution in [0.2, 0.25) is 0 Å². The maximum absolute atomic E-state index is 13.7. The van der Waals surface area contributed by atoms with Gasteiger partial charge in [-0.2, -0.15) is 5.10 Å². The van der Waals surface area contributed by atoms with E-state index in [0.717, 1.165) is 25.7 Å². The van der Waals surface area contributed by atoms with Crippen molar-refractivity contribution in [2.45, 2.75) is 37.8 Å². The molecular weight excluding hydrogens is 411 g/mol. The lowest BCUT2D eigenvalue weighted by Crippen LogP contribution is -2.46. The number of benzene rings is 2. The molecule has 2 aromatic carbocycles. The minimum Gasteiger partial charge on any atom is -0.497 e. The zero-order chi connectivity index (χ0) is 22.5. The van der Waals surface area contributed by atoms with E-state index in [1.807, 2.05) is 0 Å². The topological polar surface area (TPSA) is 87.3 Å². The Kier molecular flexibility index (Phi) is 6.49. The number of nitrogens with zero attached hydrogens (tertiary/aromatic N) is 2. The lowest BCUT2D eigenvalue weighted by molar-refractivity contribution is -0.123. The number of nitrogens with one attached hydrogen (secondary N) is 2. The lowest BCUT2D eigenvalue weighted by Gasteiger charge is -2.32. The fourth-order valence-corrected chi connectivity index (χ4v) is 4.04. The van der Waals surface area contributed by atoms with Crippen LogP contribution in [0.1, 0.15) is 47.8 Å². The van der Waals surface area contributed by atoms with E-state index < -0.39 is 17.8 Å². The summed E-state index contributed by atoms with van der Waals surface area (Å²) in [7, 11) is 1.55. The van der Waals surface area contributed by atoms with Gasteiger partial charge in [-0.25, -0.2) is 4.39 Å². The van der Waals surface area contributed by atoms with Crippen molar-refractivity contribution in [3.63, 3.8) is 0 Å². The van der Waals surface area contributed by atoms with Crippen LogP contribution in [-0.2, 0) is 4.79 Å². The van der Waals surface area contributed by atoms with Crippen molar-refractivity contribution >= 4 is 17.5 Å². The van der Waals surface area contributed by atoms with Crippen LogP contribution in [0.5, 0.6) is 5.75 Å². The number of aromatic amines is 1. The highest BCUT2D eigenvalue weighted by atomic mass is 19.1. The SMILES string of the molecule is COc1ccc(N(C(=O)c2ccn[nH]2)[C@@H](C(=O)NC2CCCC2)c2ccc(F)cc2)cc1. The Hall–Kier alpha value is -3.68. The number of H-pyrrole nitrogens is 1. The van der Waals surface area contributed by atoms with Gasteiger partial charge in [-0.15, -0.1) is 0 Å². The van der Waals surface area contributed by atoms with Gasteiger partial charge in [0.15, 0.2) is 0 Å². The number of aromatic nitrogens is 2. The molecule has 0 radical (unpaired) electrons. The van der Waals surface area contributed by atoms with Gasteiger partial charge in [0, 0.05) is 17.9 Å². The smallest absolute Gasteiger partial charge is 0.277 e. The molecule has 1 fully saturated rings. The molecule has 166 valence electrons. The van der Waals surface area contributed by atoms with E-state index in [1.54, 1.807) is 37.4 Å². The van der Waals surface area contributed by atoms with Gasteiger partial charge in [0.2, 0.25) is 5.91 Å². The van der Waals surface area contributed by atoms with Gasteiger partial charge in [0.05, 0.1) is 7.11 Å². The summed E-state index contributed by atoms with van der Waals surface area (Å²) in [6.07, 6.45) is 5.39. The van der Waals surface area contributed by atoms with Crippen LogP contribution in [-0.4, -0.2) is 35.2 Å². The first-order valence-electron chi connectivity index (χ1n) is 10.6. The van der Waals surface area contributed by atoms with Crippen molar-refractivity contribution in [2.24, 2.45) is 0 Å². The molecule has 4 rings (SSSR count). The van der Waals surface area contributed by atoms with Gasteiger partial charge in [-0.05, 0) is 60.9 Å². The van der Waals surface area contributed by atoms with Crippen LogP contribution in [0, 0.1) is 5.82 Å². The van der Waals surface area contributed by atoms with E-state index >= 15 is 0 Å². The first-order chi connectivity index (χ1) is 15.6. The Balaban J connectivity index is 1.79. The van der Waals surface area contributed by atoms with Gasteiger partial charge in [0.25, 0.3) is 5.91 Å². The molecule has 0 unspecified atom stereocenters. The molecule has 1 aliphatic carbocycles. The fraction of sp³-hybridized carbons (Fsp3) is 0.292. The first kappa shape index (κ1) is 21.5. The first-order valence-corrected chi connectivity index (χ1v) is 10.6. The van der Waals surface area contributed by atoms with E-state index in [1.165, 1.54) is 35.4 Å². The Labute approximate surface area is 185 Å². The van der Waals surface area contributed by atoms with E-state index in [-0.39, 0.29) is 17.6 Å². The summed E-state index contributed by atoms with van der Waals surface area (Å²) in [6, 6.07) is 13.1. The average molecular weight is 436 g/mol. The number of amides is 2. The Bertz CT molecular complexity index is 1050. The Morgan fingerprint density at radius 1 is 1.09 bits per heavy atom. The molecule has 0 bridgehead atoms. The van der Waals surface area contributed by atoms with Crippen LogP contribution < -0.4 is 15.0 Å². The normalized spacial score (nSPS) is 14.7. The molecule has 1 heterocycles. The van der Waals surface area contributed by atoms with Gasteiger partial charge in [-0.1, -0.05) is 25.0 Å². The molecule has 0 spiro atoms. The fourth-order valence-electron chi connectivity index (χ4n) is 4.04. The molecule has 7 nitrogen and oxygen atoms in total.